The van der Waals surface area contributed by atoms with Crippen molar-refractivity contribution in [3.8, 4) is 11.8 Å². The van der Waals surface area contributed by atoms with Crippen LogP contribution in [0.5, 0.6) is 5.75 Å². The highest BCUT2D eigenvalue weighted by Crippen LogP contribution is 2.24. The van der Waals surface area contributed by atoms with Crippen molar-refractivity contribution in [3.05, 3.63) is 59.7 Å². The predicted molar refractivity (Wildman–Crippen MR) is 116 cm³/mol. The SMILES string of the molecule is C/C(CC(=O)Nc1ccccc1C#N)=N\NC(=O)COc1ccc(C(C)(C)C)cc1. The lowest BCUT2D eigenvalue weighted by Crippen LogP contribution is -2.26. The van der Waals surface area contributed by atoms with Gasteiger partial charge in [-0.2, -0.15) is 10.4 Å². The van der Waals surface area contributed by atoms with Crippen LogP contribution in [0.1, 0.15) is 45.2 Å². The Morgan fingerprint density at radius 1 is 1.07 bits per heavy atom. The summed E-state index contributed by atoms with van der Waals surface area (Å²) in [6, 6.07) is 16.3. The molecule has 0 saturated carbocycles. The first-order valence-electron chi connectivity index (χ1n) is 9.53. The number of benzene rings is 2. The first-order chi connectivity index (χ1) is 14.2. The Bertz CT molecular complexity index is 967. The number of nitriles is 1. The van der Waals surface area contributed by atoms with Crippen LogP contribution in [0.25, 0.3) is 0 Å². The molecule has 7 nitrogen and oxygen atoms in total. The highest BCUT2D eigenvalue weighted by Gasteiger charge is 2.13. The summed E-state index contributed by atoms with van der Waals surface area (Å²) in [5, 5.41) is 15.6. The van der Waals surface area contributed by atoms with Gasteiger partial charge in [0.05, 0.1) is 17.7 Å². The smallest absolute Gasteiger partial charge is 0.277 e. The summed E-state index contributed by atoms with van der Waals surface area (Å²) in [5.74, 6) is -0.165. The fourth-order valence-electron chi connectivity index (χ4n) is 2.55. The fraction of sp³-hybridized carbons (Fsp3) is 0.304. The maximum absolute atomic E-state index is 12.1. The molecule has 0 aliphatic carbocycles. The van der Waals surface area contributed by atoms with E-state index in [1.54, 1.807) is 31.2 Å². The summed E-state index contributed by atoms with van der Waals surface area (Å²) >= 11 is 0. The van der Waals surface area contributed by atoms with Gasteiger partial charge in [0.2, 0.25) is 5.91 Å². The van der Waals surface area contributed by atoms with E-state index < -0.39 is 5.91 Å². The topological polar surface area (TPSA) is 104 Å². The monoisotopic (exact) mass is 406 g/mol. The van der Waals surface area contributed by atoms with E-state index in [-0.39, 0.29) is 24.3 Å². The normalized spacial score (nSPS) is 11.4. The number of carbonyl (C=O) groups excluding carboxylic acids is 2. The Kier molecular flexibility index (Phi) is 7.70. The maximum atomic E-state index is 12.1. The van der Waals surface area contributed by atoms with E-state index in [1.807, 2.05) is 30.3 Å². The Morgan fingerprint density at radius 2 is 1.73 bits per heavy atom. The molecule has 0 atom stereocenters. The molecule has 0 radical (unpaired) electrons. The third-order valence-electron chi connectivity index (χ3n) is 4.20. The number of hydrazone groups is 1. The molecule has 0 bridgehead atoms. The number of ether oxygens (including phenoxy) is 1. The zero-order valence-corrected chi connectivity index (χ0v) is 17.7. The molecular formula is C23H26N4O3. The summed E-state index contributed by atoms with van der Waals surface area (Å²) in [7, 11) is 0. The van der Waals surface area contributed by atoms with Gasteiger partial charge < -0.3 is 10.1 Å². The van der Waals surface area contributed by atoms with Crippen molar-refractivity contribution in [2.75, 3.05) is 11.9 Å². The molecule has 7 heteroatoms. The minimum atomic E-state index is -0.426. The Labute approximate surface area is 176 Å². The van der Waals surface area contributed by atoms with Crippen LogP contribution in [0.2, 0.25) is 0 Å². The molecular weight excluding hydrogens is 380 g/mol. The lowest BCUT2D eigenvalue weighted by atomic mass is 9.87. The summed E-state index contributed by atoms with van der Waals surface area (Å²) in [5.41, 5.74) is 4.83. The van der Waals surface area contributed by atoms with Crippen LogP contribution in [0, 0.1) is 11.3 Å². The van der Waals surface area contributed by atoms with Crippen molar-refractivity contribution in [1.29, 1.82) is 5.26 Å². The Balaban J connectivity index is 1.80. The van der Waals surface area contributed by atoms with Gasteiger partial charge in [-0.05, 0) is 42.2 Å². The average Bonchev–Trinajstić information content (AvgIpc) is 2.70. The van der Waals surface area contributed by atoms with E-state index in [0.717, 1.165) is 0 Å². The van der Waals surface area contributed by atoms with Crippen molar-refractivity contribution in [1.82, 2.24) is 5.43 Å². The Morgan fingerprint density at radius 3 is 2.37 bits per heavy atom. The van der Waals surface area contributed by atoms with Crippen LogP contribution in [-0.2, 0) is 15.0 Å². The quantitative estimate of drug-likeness (QED) is 0.540. The average molecular weight is 406 g/mol. The molecule has 0 aromatic heterocycles. The van der Waals surface area contributed by atoms with Crippen LogP contribution in [0.15, 0.2) is 53.6 Å². The molecule has 156 valence electrons. The number of anilines is 1. The second kappa shape index (κ2) is 10.2. The van der Waals surface area contributed by atoms with E-state index in [1.165, 1.54) is 5.56 Å². The molecule has 30 heavy (non-hydrogen) atoms. The lowest BCUT2D eigenvalue weighted by Gasteiger charge is -2.19. The number of hydrogen-bond acceptors (Lipinski definition) is 5. The molecule has 0 aliphatic rings. The van der Waals surface area contributed by atoms with Gasteiger partial charge in [0.1, 0.15) is 11.8 Å². The van der Waals surface area contributed by atoms with Crippen molar-refractivity contribution in [3.63, 3.8) is 0 Å². The van der Waals surface area contributed by atoms with Crippen LogP contribution in [0.4, 0.5) is 5.69 Å². The molecule has 0 aliphatic heterocycles. The van der Waals surface area contributed by atoms with Gasteiger partial charge in [-0.3, -0.25) is 9.59 Å². The molecule has 2 N–H and O–H groups in total. The van der Waals surface area contributed by atoms with E-state index in [2.05, 4.69) is 36.6 Å². The van der Waals surface area contributed by atoms with Crippen LogP contribution >= 0.6 is 0 Å². The van der Waals surface area contributed by atoms with Crippen molar-refractivity contribution in [2.45, 2.75) is 39.5 Å². The molecule has 2 rings (SSSR count). The van der Waals surface area contributed by atoms with Gasteiger partial charge in [-0.25, -0.2) is 5.43 Å². The van der Waals surface area contributed by atoms with E-state index in [0.29, 0.717) is 22.7 Å². The van der Waals surface area contributed by atoms with Crippen LogP contribution in [-0.4, -0.2) is 24.1 Å². The highest BCUT2D eigenvalue weighted by atomic mass is 16.5. The van der Waals surface area contributed by atoms with Crippen molar-refractivity contribution < 1.29 is 14.3 Å². The zero-order chi connectivity index (χ0) is 22.1. The number of rotatable bonds is 7. The van der Waals surface area contributed by atoms with Gasteiger partial charge in [0.25, 0.3) is 5.91 Å². The van der Waals surface area contributed by atoms with Gasteiger partial charge in [-0.15, -0.1) is 0 Å². The standard InChI is InChI=1S/C23H26N4O3/c1-16(13-21(28)25-20-8-6-5-7-17(20)14-24)26-27-22(29)15-30-19-11-9-18(10-12-19)23(2,3)4/h5-12H,13,15H2,1-4H3,(H,25,28)(H,27,29)/b26-16+. The number of para-hydroxylation sites is 1. The van der Waals surface area contributed by atoms with E-state index in [9.17, 15) is 9.59 Å². The summed E-state index contributed by atoms with van der Waals surface area (Å²) in [6.07, 6.45) is -0.0187. The molecule has 0 spiro atoms. The maximum Gasteiger partial charge on any atom is 0.277 e. The number of nitrogens with one attached hydrogen (secondary N) is 2. The van der Waals surface area contributed by atoms with Crippen molar-refractivity contribution in [2.24, 2.45) is 5.10 Å². The van der Waals surface area contributed by atoms with Gasteiger partial charge in [-0.1, -0.05) is 45.0 Å². The fourth-order valence-corrected chi connectivity index (χ4v) is 2.55. The minimum absolute atomic E-state index is 0.0187. The number of amides is 2. The van der Waals surface area contributed by atoms with E-state index >= 15 is 0 Å². The second-order valence-electron chi connectivity index (χ2n) is 7.83. The molecule has 0 saturated heterocycles. The molecule has 2 aromatic carbocycles. The first kappa shape index (κ1) is 22.6. The minimum Gasteiger partial charge on any atom is -0.484 e. The summed E-state index contributed by atoms with van der Waals surface area (Å²) < 4.78 is 5.46. The van der Waals surface area contributed by atoms with Crippen molar-refractivity contribution >= 4 is 23.2 Å². The third-order valence-corrected chi connectivity index (χ3v) is 4.20. The molecule has 2 amide bonds. The second-order valence-corrected chi connectivity index (χ2v) is 7.83. The van der Waals surface area contributed by atoms with Crippen LogP contribution in [0.3, 0.4) is 0 Å². The van der Waals surface area contributed by atoms with Gasteiger partial charge >= 0.3 is 0 Å². The van der Waals surface area contributed by atoms with Gasteiger partial charge in [0.15, 0.2) is 6.61 Å². The lowest BCUT2D eigenvalue weighted by molar-refractivity contribution is -0.123. The number of carbonyl (C=O) groups is 2. The van der Waals surface area contributed by atoms with Gasteiger partial charge in [0, 0.05) is 5.71 Å². The first-order valence-corrected chi connectivity index (χ1v) is 9.53. The van der Waals surface area contributed by atoms with E-state index in [4.69, 9.17) is 10.00 Å². The highest BCUT2D eigenvalue weighted by molar-refractivity contribution is 6.06. The zero-order valence-electron chi connectivity index (χ0n) is 17.7. The Hall–Kier alpha value is -3.66. The van der Waals surface area contributed by atoms with Crippen LogP contribution < -0.4 is 15.5 Å². The third kappa shape index (κ3) is 7.06. The summed E-state index contributed by atoms with van der Waals surface area (Å²) in [4.78, 5) is 24.0. The summed E-state index contributed by atoms with van der Waals surface area (Å²) in [6.45, 7) is 7.81. The number of nitrogens with zero attached hydrogens (tertiary/aromatic N) is 2. The largest absolute Gasteiger partial charge is 0.484 e. The molecule has 0 heterocycles. The number of hydrogen-bond donors (Lipinski definition) is 2. The molecule has 0 fully saturated rings. The predicted octanol–water partition coefficient (Wildman–Crippen LogP) is 3.76. The molecule has 0 unspecified atom stereocenters. The molecule has 2 aromatic rings.